The van der Waals surface area contributed by atoms with Crippen molar-refractivity contribution in [1.29, 1.82) is 0 Å². The summed E-state index contributed by atoms with van der Waals surface area (Å²) in [6.07, 6.45) is 0. The molecule has 0 aliphatic carbocycles. The average Bonchev–Trinajstić information content (AvgIpc) is 3.14. The zero-order valence-electron chi connectivity index (χ0n) is 14.1. The van der Waals surface area contributed by atoms with Crippen molar-refractivity contribution in [3.05, 3.63) is 65.0 Å². The molecule has 0 atom stereocenters. The molecule has 11 heteroatoms. The number of aromatic nitrogens is 4. The van der Waals surface area contributed by atoms with Gasteiger partial charge in [-0.25, -0.2) is 9.18 Å². The normalized spacial score (nSPS) is 10.6. The lowest BCUT2D eigenvalue weighted by Gasteiger charge is -2.06. The molecule has 1 aromatic heterocycles. The van der Waals surface area contributed by atoms with Crippen LogP contribution >= 0.6 is 11.8 Å². The highest BCUT2D eigenvalue weighted by molar-refractivity contribution is 7.99. The molecule has 0 aliphatic heterocycles. The molecular weight excluding hydrogens is 389 g/mol. The molecule has 142 valence electrons. The number of nitrogens with zero attached hydrogens (tertiary/aromatic N) is 4. The van der Waals surface area contributed by atoms with E-state index < -0.39 is 23.3 Å². The van der Waals surface area contributed by atoms with Crippen LogP contribution in [-0.2, 0) is 0 Å². The molecule has 0 saturated heterocycles. The van der Waals surface area contributed by atoms with E-state index >= 15 is 0 Å². The minimum atomic E-state index is -1.39. The SMILES string of the molecule is NC(=O)c1ccc(C(=O)CSc2nnnn2-c2ccc(C(=O)O)c(F)c2)cc1. The Kier molecular flexibility index (Phi) is 5.45. The third-order valence-corrected chi connectivity index (χ3v) is 4.61. The number of rotatable bonds is 7. The molecule has 9 nitrogen and oxygen atoms in total. The number of carboxylic acid groups (broad SMARTS) is 1. The minimum Gasteiger partial charge on any atom is -0.478 e. The molecular formula is C17H12FN5O4S. The molecule has 3 aromatic rings. The van der Waals surface area contributed by atoms with Gasteiger partial charge in [-0.05, 0) is 34.7 Å². The Morgan fingerprint density at radius 1 is 1.11 bits per heavy atom. The monoisotopic (exact) mass is 401 g/mol. The number of aromatic carboxylic acids is 1. The number of carbonyl (C=O) groups excluding carboxylic acids is 2. The van der Waals surface area contributed by atoms with Crippen LogP contribution in [0.15, 0.2) is 47.6 Å². The first-order valence-electron chi connectivity index (χ1n) is 7.74. The van der Waals surface area contributed by atoms with Gasteiger partial charge in [0.15, 0.2) is 5.78 Å². The molecule has 0 fully saturated rings. The van der Waals surface area contributed by atoms with E-state index in [1.54, 1.807) is 0 Å². The number of ketones is 1. The lowest BCUT2D eigenvalue weighted by Crippen LogP contribution is -2.11. The van der Waals surface area contributed by atoms with Crippen LogP contribution in [0.5, 0.6) is 0 Å². The second kappa shape index (κ2) is 7.96. The molecule has 1 amide bonds. The van der Waals surface area contributed by atoms with Gasteiger partial charge in [0.1, 0.15) is 5.82 Å². The number of carboxylic acids is 1. The van der Waals surface area contributed by atoms with E-state index in [1.807, 2.05) is 0 Å². The number of benzene rings is 2. The van der Waals surface area contributed by atoms with Crippen LogP contribution in [0, 0.1) is 5.82 Å². The van der Waals surface area contributed by atoms with Crippen LogP contribution in [0.2, 0.25) is 0 Å². The number of hydrogen-bond donors (Lipinski definition) is 2. The first-order valence-corrected chi connectivity index (χ1v) is 8.73. The molecule has 3 N–H and O–H groups in total. The highest BCUT2D eigenvalue weighted by Crippen LogP contribution is 2.21. The summed E-state index contributed by atoms with van der Waals surface area (Å²) in [5, 5.41) is 20.2. The largest absolute Gasteiger partial charge is 0.478 e. The molecule has 0 aliphatic rings. The van der Waals surface area contributed by atoms with Gasteiger partial charge >= 0.3 is 5.97 Å². The molecule has 0 radical (unpaired) electrons. The van der Waals surface area contributed by atoms with E-state index in [0.717, 1.165) is 23.9 Å². The van der Waals surface area contributed by atoms with Crippen LogP contribution in [0.25, 0.3) is 5.69 Å². The minimum absolute atomic E-state index is 0.00795. The first-order chi connectivity index (χ1) is 13.4. The van der Waals surface area contributed by atoms with Crippen molar-refractivity contribution in [2.45, 2.75) is 5.16 Å². The molecule has 0 spiro atoms. The van der Waals surface area contributed by atoms with E-state index in [2.05, 4.69) is 15.5 Å². The van der Waals surface area contributed by atoms with E-state index in [9.17, 15) is 18.8 Å². The molecule has 0 unspecified atom stereocenters. The number of tetrazole rings is 1. The van der Waals surface area contributed by atoms with Gasteiger partial charge in [0.25, 0.3) is 0 Å². The van der Waals surface area contributed by atoms with Crippen LogP contribution in [-0.4, -0.2) is 48.7 Å². The summed E-state index contributed by atoms with van der Waals surface area (Å²) in [7, 11) is 0. The summed E-state index contributed by atoms with van der Waals surface area (Å²) in [4.78, 5) is 34.3. The Labute approximate surface area is 161 Å². The smallest absolute Gasteiger partial charge is 0.338 e. The predicted octanol–water partition coefficient (Wildman–Crippen LogP) is 1.57. The summed E-state index contributed by atoms with van der Waals surface area (Å²) < 4.78 is 15.1. The van der Waals surface area contributed by atoms with Gasteiger partial charge in [-0.3, -0.25) is 9.59 Å². The Balaban J connectivity index is 1.74. The fourth-order valence-corrected chi connectivity index (χ4v) is 3.06. The maximum atomic E-state index is 13.9. The van der Waals surface area contributed by atoms with E-state index in [0.29, 0.717) is 11.1 Å². The molecule has 0 saturated carbocycles. The number of hydrogen-bond acceptors (Lipinski definition) is 7. The number of nitrogens with two attached hydrogens (primary N) is 1. The quantitative estimate of drug-likeness (QED) is 0.449. The third-order valence-electron chi connectivity index (χ3n) is 3.69. The van der Waals surface area contributed by atoms with Crippen molar-refractivity contribution in [3.8, 4) is 5.69 Å². The number of Topliss-reactive ketones (excluding diaryl/α,β-unsaturated/α-hetero) is 1. The fraction of sp³-hybridized carbons (Fsp3) is 0.0588. The van der Waals surface area contributed by atoms with Crippen LogP contribution in [0.1, 0.15) is 31.1 Å². The number of thioether (sulfide) groups is 1. The molecule has 3 rings (SSSR count). The molecule has 28 heavy (non-hydrogen) atoms. The van der Waals surface area contributed by atoms with Crippen LogP contribution in [0.3, 0.4) is 0 Å². The predicted molar refractivity (Wildman–Crippen MR) is 96.1 cm³/mol. The zero-order valence-corrected chi connectivity index (χ0v) is 14.9. The Bertz CT molecular complexity index is 1070. The third kappa shape index (κ3) is 4.04. The summed E-state index contributed by atoms with van der Waals surface area (Å²) >= 11 is 1.03. The van der Waals surface area contributed by atoms with Crippen LogP contribution < -0.4 is 5.73 Å². The highest BCUT2D eigenvalue weighted by atomic mass is 32.2. The maximum Gasteiger partial charge on any atom is 0.338 e. The molecule has 0 bridgehead atoms. The fourth-order valence-electron chi connectivity index (χ4n) is 2.27. The van der Waals surface area contributed by atoms with Crippen molar-refractivity contribution in [2.75, 3.05) is 5.75 Å². The molecule has 1 heterocycles. The van der Waals surface area contributed by atoms with Crippen molar-refractivity contribution in [2.24, 2.45) is 5.73 Å². The molecule has 2 aromatic carbocycles. The first kappa shape index (κ1) is 19.2. The number of carbonyl (C=O) groups is 3. The second-order valence-electron chi connectivity index (χ2n) is 5.50. The van der Waals surface area contributed by atoms with Gasteiger partial charge in [0.05, 0.1) is 17.0 Å². The Morgan fingerprint density at radius 2 is 1.79 bits per heavy atom. The van der Waals surface area contributed by atoms with Gasteiger partial charge in [-0.1, -0.05) is 23.9 Å². The highest BCUT2D eigenvalue weighted by Gasteiger charge is 2.16. The number of primary amides is 1. The van der Waals surface area contributed by atoms with E-state index in [1.165, 1.54) is 35.0 Å². The summed E-state index contributed by atoms with van der Waals surface area (Å²) in [6.45, 7) is 0. The van der Waals surface area contributed by atoms with Crippen LogP contribution in [0.4, 0.5) is 4.39 Å². The lowest BCUT2D eigenvalue weighted by molar-refractivity contribution is 0.0691. The Morgan fingerprint density at radius 3 is 2.39 bits per heavy atom. The summed E-state index contributed by atoms with van der Waals surface area (Å²) in [5.74, 6) is -3.14. The van der Waals surface area contributed by atoms with Gasteiger partial charge < -0.3 is 10.8 Å². The summed E-state index contributed by atoms with van der Waals surface area (Å²) in [6, 6.07) is 9.35. The van der Waals surface area contributed by atoms with Crippen molar-refractivity contribution in [3.63, 3.8) is 0 Å². The summed E-state index contributed by atoms with van der Waals surface area (Å²) in [5.41, 5.74) is 5.58. The van der Waals surface area contributed by atoms with Crippen molar-refractivity contribution >= 4 is 29.4 Å². The topological polar surface area (TPSA) is 141 Å². The van der Waals surface area contributed by atoms with Gasteiger partial charge in [-0.2, -0.15) is 4.68 Å². The maximum absolute atomic E-state index is 13.9. The van der Waals surface area contributed by atoms with E-state index in [4.69, 9.17) is 10.8 Å². The van der Waals surface area contributed by atoms with Gasteiger partial charge in [0, 0.05) is 17.2 Å². The van der Waals surface area contributed by atoms with Gasteiger partial charge in [-0.15, -0.1) is 5.10 Å². The van der Waals surface area contributed by atoms with Gasteiger partial charge in [0.2, 0.25) is 11.1 Å². The second-order valence-corrected chi connectivity index (χ2v) is 6.44. The zero-order chi connectivity index (χ0) is 20.3. The van der Waals surface area contributed by atoms with Crippen molar-refractivity contribution < 1.29 is 23.9 Å². The standard InChI is InChI=1S/C17H12FN5O4S/c18-13-7-11(5-6-12(13)16(26)27)23-17(20-21-22-23)28-8-14(24)9-1-3-10(4-2-9)15(19)25/h1-7H,8H2,(H2,19,25)(H,26,27). The number of amides is 1. The van der Waals surface area contributed by atoms with Crippen molar-refractivity contribution in [1.82, 2.24) is 20.2 Å². The average molecular weight is 401 g/mol. The Hall–Kier alpha value is -3.60. The lowest BCUT2D eigenvalue weighted by atomic mass is 10.1. The van der Waals surface area contributed by atoms with E-state index in [-0.39, 0.29) is 22.4 Å². The number of halogens is 1.